The van der Waals surface area contributed by atoms with Crippen molar-refractivity contribution in [1.29, 1.82) is 0 Å². The van der Waals surface area contributed by atoms with E-state index < -0.39 is 23.9 Å². The fourth-order valence-corrected chi connectivity index (χ4v) is 9.37. The highest BCUT2D eigenvalue weighted by atomic mass is 16.5. The smallest absolute Gasteiger partial charge is 0.343 e. The highest BCUT2D eigenvalue weighted by Crippen LogP contribution is 2.28. The minimum atomic E-state index is -0.754. The molecule has 7 rings (SSSR count). The molecule has 0 N–H and O–H groups in total. The second-order valence-corrected chi connectivity index (χ2v) is 20.2. The van der Waals surface area contributed by atoms with Gasteiger partial charge in [-0.15, -0.1) is 0 Å². The zero-order chi connectivity index (χ0) is 54.7. The molecule has 406 valence electrons. The van der Waals surface area contributed by atoms with Crippen LogP contribution in [0.1, 0.15) is 182 Å². The molecule has 78 heavy (non-hydrogen) atoms. The first-order valence-electron chi connectivity index (χ1n) is 28.3. The summed E-state index contributed by atoms with van der Waals surface area (Å²) < 4.78 is 27.9. The maximum atomic E-state index is 13.4. The Kier molecular flexibility index (Phi) is 23.3. The topological polar surface area (TPSA) is 114 Å². The zero-order valence-corrected chi connectivity index (χ0v) is 45.9. The van der Waals surface area contributed by atoms with E-state index in [1.165, 1.54) is 201 Å². The monoisotopic (exact) mass is 1050 g/mol. The molecule has 0 aliphatic carbocycles. The van der Waals surface area contributed by atoms with Crippen LogP contribution in [-0.2, 0) is 12.8 Å². The lowest BCUT2D eigenvalue weighted by atomic mass is 10.00. The second-order valence-electron chi connectivity index (χ2n) is 20.2. The third kappa shape index (κ3) is 18.7. The third-order valence-electron chi connectivity index (χ3n) is 14.1. The molecular formula is C69H76O9. The number of methoxy groups -OCH3 is 1. The Hall–Kier alpha value is -7.78. The van der Waals surface area contributed by atoms with Crippen LogP contribution in [0.2, 0.25) is 0 Å². The second kappa shape index (κ2) is 31.4. The van der Waals surface area contributed by atoms with Crippen LogP contribution in [0.25, 0.3) is 22.3 Å². The first-order chi connectivity index (χ1) is 38.2. The van der Waals surface area contributed by atoms with Gasteiger partial charge in [0.05, 0.1) is 29.4 Å². The van der Waals surface area contributed by atoms with Gasteiger partial charge in [0, 0.05) is 0 Å². The van der Waals surface area contributed by atoms with Crippen LogP contribution < -0.4 is 23.7 Å². The van der Waals surface area contributed by atoms with Crippen LogP contribution >= 0.6 is 0 Å². The summed E-state index contributed by atoms with van der Waals surface area (Å²) in [7, 11) is 1.41. The molecule has 0 unspecified atom stereocenters. The number of carbonyl (C=O) groups is 4. The molecule has 0 aliphatic rings. The summed E-state index contributed by atoms with van der Waals surface area (Å²) >= 11 is 0. The van der Waals surface area contributed by atoms with Crippen molar-refractivity contribution in [2.45, 2.75) is 142 Å². The Morgan fingerprint density at radius 1 is 0.282 bits per heavy atom. The fourth-order valence-electron chi connectivity index (χ4n) is 9.37. The predicted octanol–water partition coefficient (Wildman–Crippen LogP) is 18.1. The van der Waals surface area contributed by atoms with Crippen molar-refractivity contribution in [3.05, 3.63) is 197 Å². The van der Waals surface area contributed by atoms with Gasteiger partial charge in [0.2, 0.25) is 0 Å². The summed E-state index contributed by atoms with van der Waals surface area (Å²) in [4.78, 5) is 52.8. The fraction of sp³-hybridized carbons (Fsp3) is 0.333. The van der Waals surface area contributed by atoms with E-state index in [2.05, 4.69) is 62.4 Å². The molecular weight excluding hydrogens is 973 g/mol. The van der Waals surface area contributed by atoms with Crippen molar-refractivity contribution >= 4 is 23.9 Å². The third-order valence-corrected chi connectivity index (χ3v) is 14.1. The average Bonchev–Trinajstić information content (AvgIpc) is 3.49. The van der Waals surface area contributed by atoms with E-state index in [0.717, 1.165) is 35.1 Å². The molecule has 7 aromatic rings. The normalized spacial score (nSPS) is 11.0. The lowest BCUT2D eigenvalue weighted by molar-refractivity contribution is 0.0714. The minimum Gasteiger partial charge on any atom is -0.497 e. The van der Waals surface area contributed by atoms with Gasteiger partial charge in [-0.2, -0.15) is 0 Å². The van der Waals surface area contributed by atoms with Crippen LogP contribution in [0, 0.1) is 0 Å². The van der Waals surface area contributed by atoms with Crippen molar-refractivity contribution in [1.82, 2.24) is 0 Å². The van der Waals surface area contributed by atoms with Crippen LogP contribution in [0.4, 0.5) is 0 Å². The first kappa shape index (κ1) is 57.9. The number of hydrogen-bond donors (Lipinski definition) is 0. The summed E-state index contributed by atoms with van der Waals surface area (Å²) in [6, 6.07) is 48.3. The molecule has 0 heterocycles. The van der Waals surface area contributed by atoms with Crippen molar-refractivity contribution in [3.8, 4) is 51.0 Å². The van der Waals surface area contributed by atoms with Gasteiger partial charge in [-0.3, -0.25) is 0 Å². The van der Waals surface area contributed by atoms with Crippen LogP contribution in [0.15, 0.2) is 164 Å². The van der Waals surface area contributed by atoms with Crippen LogP contribution in [0.5, 0.6) is 28.7 Å². The van der Waals surface area contributed by atoms with E-state index in [4.69, 9.17) is 23.7 Å². The SMILES string of the molecule is CCCCCCCCCCCc1ccc(-c2ccc(C(=O)Oc3ccc(OC(=O)c4cc(OC)cc(C(=O)Oc5ccc(OC(=O)c6ccc(-c7ccc(CCCCCCCCCCC)cc7)cc6)cc5)c4)cc3)cc2)cc1. The molecule has 0 radical (unpaired) electrons. The van der Waals surface area contributed by atoms with Gasteiger partial charge in [-0.1, -0.05) is 189 Å². The number of esters is 4. The number of hydrogen-bond acceptors (Lipinski definition) is 9. The molecule has 9 nitrogen and oxygen atoms in total. The highest BCUT2D eigenvalue weighted by molar-refractivity contribution is 5.98. The lowest BCUT2D eigenvalue weighted by Crippen LogP contribution is -2.13. The van der Waals surface area contributed by atoms with Gasteiger partial charge >= 0.3 is 23.9 Å². The highest BCUT2D eigenvalue weighted by Gasteiger charge is 2.19. The van der Waals surface area contributed by atoms with E-state index >= 15 is 0 Å². The lowest BCUT2D eigenvalue weighted by Gasteiger charge is -2.11. The molecule has 0 aliphatic heterocycles. The summed E-state index contributed by atoms with van der Waals surface area (Å²) in [5.74, 6) is -1.41. The number of rotatable bonds is 31. The van der Waals surface area contributed by atoms with Gasteiger partial charge in [0.1, 0.15) is 28.7 Å². The Morgan fingerprint density at radius 3 is 0.821 bits per heavy atom. The summed E-state index contributed by atoms with van der Waals surface area (Å²) in [6.45, 7) is 4.51. The maximum absolute atomic E-state index is 13.4. The molecule has 0 spiro atoms. The van der Waals surface area contributed by atoms with E-state index in [0.29, 0.717) is 11.1 Å². The number of unbranched alkanes of at least 4 members (excludes halogenated alkanes) is 16. The molecule has 0 atom stereocenters. The van der Waals surface area contributed by atoms with E-state index in [-0.39, 0.29) is 39.9 Å². The molecule has 0 saturated heterocycles. The summed E-state index contributed by atoms with van der Waals surface area (Å²) in [6.07, 6.45) is 25.9. The largest absolute Gasteiger partial charge is 0.497 e. The summed E-state index contributed by atoms with van der Waals surface area (Å²) in [5, 5.41) is 0. The molecule has 0 amide bonds. The summed E-state index contributed by atoms with van der Waals surface area (Å²) in [5.41, 5.74) is 7.73. The zero-order valence-electron chi connectivity index (χ0n) is 45.9. The number of benzene rings is 7. The molecule has 9 heteroatoms. The van der Waals surface area contributed by atoms with E-state index in [9.17, 15) is 19.2 Å². The Balaban J connectivity index is 0.831. The first-order valence-corrected chi connectivity index (χ1v) is 28.3. The molecule has 0 fully saturated rings. The van der Waals surface area contributed by atoms with Gasteiger partial charge in [0.25, 0.3) is 0 Å². The van der Waals surface area contributed by atoms with Gasteiger partial charge in [0.15, 0.2) is 0 Å². The van der Waals surface area contributed by atoms with Crippen LogP contribution in [0.3, 0.4) is 0 Å². The standard InChI is InChI=1S/C69H76O9/c1-4-6-8-10-12-14-16-18-20-22-51-24-28-53(29-25-51)55-32-36-57(37-33-55)66(70)75-61-40-44-63(45-41-61)77-68(72)59-48-60(50-65(49-59)74-3)69(73)78-64-46-42-62(43-47-64)76-67(71)58-38-34-56(35-39-58)54-30-26-52(27-31-54)23-21-19-17-15-13-11-9-7-5-2/h24-50H,4-23H2,1-3H3. The number of ether oxygens (including phenoxy) is 5. The van der Waals surface area contributed by atoms with Crippen molar-refractivity contribution < 1.29 is 42.9 Å². The van der Waals surface area contributed by atoms with Gasteiger partial charge in [-0.25, -0.2) is 19.2 Å². The molecule has 7 aromatic carbocycles. The van der Waals surface area contributed by atoms with Crippen molar-refractivity contribution in [2.24, 2.45) is 0 Å². The maximum Gasteiger partial charge on any atom is 0.343 e. The Labute approximate surface area is 462 Å². The Morgan fingerprint density at radius 2 is 0.538 bits per heavy atom. The molecule has 0 aromatic heterocycles. The van der Waals surface area contributed by atoms with Crippen molar-refractivity contribution in [2.75, 3.05) is 7.11 Å². The van der Waals surface area contributed by atoms with Gasteiger partial charge < -0.3 is 23.7 Å². The number of aryl methyl sites for hydroxylation is 2. The van der Waals surface area contributed by atoms with Crippen molar-refractivity contribution in [3.63, 3.8) is 0 Å². The molecule has 0 bridgehead atoms. The average molecular weight is 1050 g/mol. The number of carbonyl (C=O) groups excluding carboxylic acids is 4. The van der Waals surface area contributed by atoms with Gasteiger partial charge in [-0.05, 0) is 150 Å². The molecule has 0 saturated carbocycles. The van der Waals surface area contributed by atoms with E-state index in [1.807, 2.05) is 24.3 Å². The minimum absolute atomic E-state index is 0.0399. The predicted molar refractivity (Wildman–Crippen MR) is 311 cm³/mol. The van der Waals surface area contributed by atoms with E-state index in [1.54, 1.807) is 24.3 Å². The quantitative estimate of drug-likeness (QED) is 0.0238. The Bertz CT molecular complexity index is 2740. The van der Waals surface area contributed by atoms with Crippen LogP contribution in [-0.4, -0.2) is 31.0 Å².